The minimum atomic E-state index is 0.100. The van der Waals surface area contributed by atoms with Crippen molar-refractivity contribution in [3.63, 3.8) is 0 Å². The van der Waals surface area contributed by atoms with E-state index in [1.54, 1.807) is 12.4 Å². The Bertz CT molecular complexity index is 447. The highest BCUT2D eigenvalue weighted by molar-refractivity contribution is 5.93. The van der Waals surface area contributed by atoms with Crippen molar-refractivity contribution in [3.05, 3.63) is 12.4 Å². The fourth-order valence-electron chi connectivity index (χ4n) is 2.35. The Kier molecular flexibility index (Phi) is 3.36. The number of hydrogen-bond donors (Lipinski definition) is 1. The lowest BCUT2D eigenvalue weighted by Crippen LogP contribution is -2.34. The summed E-state index contributed by atoms with van der Waals surface area (Å²) < 4.78 is 0. The van der Waals surface area contributed by atoms with Crippen molar-refractivity contribution >= 4 is 17.5 Å². The minimum absolute atomic E-state index is 0.100. The zero-order valence-electron chi connectivity index (χ0n) is 11.3. The van der Waals surface area contributed by atoms with E-state index in [1.165, 1.54) is 12.8 Å². The summed E-state index contributed by atoms with van der Waals surface area (Å²) in [4.78, 5) is 22.6. The van der Waals surface area contributed by atoms with Crippen LogP contribution < -0.4 is 10.2 Å². The van der Waals surface area contributed by atoms with Gasteiger partial charge < -0.3 is 10.2 Å². The predicted molar refractivity (Wildman–Crippen MR) is 74.0 cm³/mol. The molecule has 0 unspecified atom stereocenters. The zero-order chi connectivity index (χ0) is 13.2. The summed E-state index contributed by atoms with van der Waals surface area (Å²) in [6.07, 6.45) is 7.84. The molecule has 1 N–H and O–H groups in total. The van der Waals surface area contributed by atoms with Gasteiger partial charge >= 0.3 is 0 Å². The van der Waals surface area contributed by atoms with Crippen LogP contribution in [0.25, 0.3) is 0 Å². The third-order valence-electron chi connectivity index (χ3n) is 3.92. The molecule has 1 saturated carbocycles. The molecule has 1 amide bonds. The van der Waals surface area contributed by atoms with Crippen molar-refractivity contribution in [2.45, 2.75) is 32.6 Å². The van der Waals surface area contributed by atoms with Crippen LogP contribution in [0.4, 0.5) is 11.6 Å². The van der Waals surface area contributed by atoms with Crippen molar-refractivity contribution in [2.24, 2.45) is 11.8 Å². The van der Waals surface area contributed by atoms with E-state index >= 15 is 0 Å². The van der Waals surface area contributed by atoms with Gasteiger partial charge in [-0.15, -0.1) is 0 Å². The van der Waals surface area contributed by atoms with Gasteiger partial charge in [-0.2, -0.15) is 0 Å². The fraction of sp³-hybridized carbons (Fsp3) is 0.643. The van der Waals surface area contributed by atoms with E-state index in [1.807, 2.05) is 0 Å². The molecule has 0 atom stereocenters. The molecule has 1 aromatic heterocycles. The number of carbonyl (C=O) groups is 1. The smallest absolute Gasteiger partial charge is 0.227 e. The number of nitrogens with zero attached hydrogens (tertiary/aromatic N) is 3. The summed E-state index contributed by atoms with van der Waals surface area (Å²) in [5.41, 5.74) is 0.700. The number of rotatable bonds is 3. The Hall–Kier alpha value is -1.65. The maximum Gasteiger partial charge on any atom is 0.227 e. The quantitative estimate of drug-likeness (QED) is 0.903. The van der Waals surface area contributed by atoms with Crippen LogP contribution in [0.2, 0.25) is 0 Å². The van der Waals surface area contributed by atoms with Crippen molar-refractivity contribution in [3.8, 4) is 0 Å². The molecule has 19 heavy (non-hydrogen) atoms. The molecule has 3 rings (SSSR count). The van der Waals surface area contributed by atoms with E-state index in [9.17, 15) is 4.79 Å². The molecule has 5 heteroatoms. The highest BCUT2D eigenvalue weighted by atomic mass is 16.2. The number of amides is 1. The second-order valence-electron chi connectivity index (χ2n) is 5.70. The van der Waals surface area contributed by atoms with Gasteiger partial charge in [0.05, 0.1) is 18.1 Å². The number of piperidine rings is 1. The number of carbonyl (C=O) groups excluding carboxylic acids is 1. The molecule has 5 nitrogen and oxygen atoms in total. The fourth-order valence-corrected chi connectivity index (χ4v) is 2.35. The number of anilines is 2. The molecule has 1 aromatic rings. The largest absolute Gasteiger partial charge is 0.341 e. The second-order valence-corrected chi connectivity index (χ2v) is 5.70. The predicted octanol–water partition coefficient (Wildman–Crippen LogP) is 2.06. The summed E-state index contributed by atoms with van der Waals surface area (Å²) in [5, 5.41) is 2.86. The van der Waals surface area contributed by atoms with Gasteiger partial charge in [-0.3, -0.25) is 4.79 Å². The standard InChI is InChI=1S/C14H20N4O/c1-10-4-6-18(7-5-10)14-15-8-12(9-16-14)17-13(19)11-2-3-11/h8-11H,2-7H2,1H3,(H,17,19). The van der Waals surface area contributed by atoms with Crippen LogP contribution in [0.15, 0.2) is 12.4 Å². The molecule has 2 heterocycles. The van der Waals surface area contributed by atoms with Crippen molar-refractivity contribution < 1.29 is 4.79 Å². The molecule has 2 fully saturated rings. The molecule has 1 aliphatic carbocycles. The Morgan fingerprint density at radius 2 is 1.84 bits per heavy atom. The molecule has 102 valence electrons. The van der Waals surface area contributed by atoms with Crippen LogP contribution in [-0.4, -0.2) is 29.0 Å². The van der Waals surface area contributed by atoms with Crippen LogP contribution in [-0.2, 0) is 4.79 Å². The van der Waals surface area contributed by atoms with Gasteiger partial charge in [-0.1, -0.05) is 6.92 Å². The van der Waals surface area contributed by atoms with Crippen molar-refractivity contribution in [1.29, 1.82) is 0 Å². The number of hydrogen-bond acceptors (Lipinski definition) is 4. The van der Waals surface area contributed by atoms with Gasteiger partial charge in [0.1, 0.15) is 0 Å². The average Bonchev–Trinajstić information content (AvgIpc) is 3.25. The maximum atomic E-state index is 11.6. The topological polar surface area (TPSA) is 58.1 Å². The lowest BCUT2D eigenvalue weighted by Gasteiger charge is -2.30. The lowest BCUT2D eigenvalue weighted by molar-refractivity contribution is -0.117. The second kappa shape index (κ2) is 5.15. The van der Waals surface area contributed by atoms with Crippen LogP contribution >= 0.6 is 0 Å². The molecular formula is C14H20N4O. The van der Waals surface area contributed by atoms with E-state index in [0.29, 0.717) is 5.69 Å². The third kappa shape index (κ3) is 3.03. The summed E-state index contributed by atoms with van der Waals surface area (Å²) in [6, 6.07) is 0. The zero-order valence-corrected chi connectivity index (χ0v) is 11.3. The molecule has 0 radical (unpaired) electrons. The SMILES string of the molecule is CC1CCN(c2ncc(NC(=O)C3CC3)cn2)CC1. The van der Waals surface area contributed by atoms with Gasteiger partial charge in [0.25, 0.3) is 0 Å². The highest BCUT2D eigenvalue weighted by Gasteiger charge is 2.29. The summed E-state index contributed by atoms with van der Waals surface area (Å²) in [6.45, 7) is 4.33. The lowest BCUT2D eigenvalue weighted by atomic mass is 10.00. The van der Waals surface area contributed by atoms with Gasteiger partial charge in [0.15, 0.2) is 0 Å². The molecule has 1 saturated heterocycles. The number of aromatic nitrogens is 2. The van der Waals surface area contributed by atoms with Crippen LogP contribution in [0.3, 0.4) is 0 Å². The van der Waals surface area contributed by atoms with E-state index < -0.39 is 0 Å². The van der Waals surface area contributed by atoms with Gasteiger partial charge in [0, 0.05) is 19.0 Å². The molecule has 0 bridgehead atoms. The Morgan fingerprint density at radius 3 is 2.42 bits per heavy atom. The molecular weight excluding hydrogens is 240 g/mol. The molecule has 0 spiro atoms. The highest BCUT2D eigenvalue weighted by Crippen LogP contribution is 2.30. The number of nitrogens with one attached hydrogen (secondary N) is 1. The Labute approximate surface area is 113 Å². The summed E-state index contributed by atoms with van der Waals surface area (Å²) >= 11 is 0. The van der Waals surface area contributed by atoms with Crippen LogP contribution in [0.5, 0.6) is 0 Å². The molecule has 2 aliphatic rings. The van der Waals surface area contributed by atoms with Gasteiger partial charge in [-0.05, 0) is 31.6 Å². The van der Waals surface area contributed by atoms with E-state index in [-0.39, 0.29) is 11.8 Å². The van der Waals surface area contributed by atoms with Gasteiger partial charge in [-0.25, -0.2) is 9.97 Å². The van der Waals surface area contributed by atoms with E-state index in [2.05, 4.69) is 27.1 Å². The first-order chi connectivity index (χ1) is 9.22. The third-order valence-corrected chi connectivity index (χ3v) is 3.92. The summed E-state index contributed by atoms with van der Waals surface area (Å²) in [7, 11) is 0. The first kappa shape index (κ1) is 12.4. The maximum absolute atomic E-state index is 11.6. The average molecular weight is 260 g/mol. The van der Waals surface area contributed by atoms with E-state index in [0.717, 1.165) is 37.8 Å². The van der Waals surface area contributed by atoms with Crippen molar-refractivity contribution in [2.75, 3.05) is 23.3 Å². The van der Waals surface area contributed by atoms with Gasteiger partial charge in [0.2, 0.25) is 11.9 Å². The monoisotopic (exact) mass is 260 g/mol. The first-order valence-corrected chi connectivity index (χ1v) is 7.10. The summed E-state index contributed by atoms with van der Waals surface area (Å²) in [5.74, 6) is 1.89. The van der Waals surface area contributed by atoms with E-state index in [4.69, 9.17) is 0 Å². The molecule has 1 aliphatic heterocycles. The first-order valence-electron chi connectivity index (χ1n) is 7.10. The molecule has 0 aromatic carbocycles. The van der Waals surface area contributed by atoms with Crippen molar-refractivity contribution in [1.82, 2.24) is 9.97 Å². The normalized spacial score (nSPS) is 20.4. The minimum Gasteiger partial charge on any atom is -0.341 e. The Balaban J connectivity index is 1.60. The van der Waals surface area contributed by atoms with Crippen LogP contribution in [0, 0.1) is 11.8 Å². The van der Waals surface area contributed by atoms with Crippen LogP contribution in [0.1, 0.15) is 32.6 Å². The Morgan fingerprint density at radius 1 is 1.21 bits per heavy atom.